The monoisotopic (exact) mass is 335 g/mol. The van der Waals surface area contributed by atoms with E-state index < -0.39 is 35.7 Å². The molecule has 0 saturated heterocycles. The molecule has 2 aromatic carbocycles. The number of benzene rings is 2. The molecule has 0 radical (unpaired) electrons. The molecule has 7 heteroatoms. The molecule has 0 aromatic heterocycles. The first-order valence-electron chi connectivity index (χ1n) is 7.15. The third-order valence-corrected chi connectivity index (χ3v) is 2.95. The van der Waals surface area contributed by atoms with Crippen molar-refractivity contribution < 1.29 is 27.8 Å². The lowest BCUT2D eigenvalue weighted by Gasteiger charge is -2.11. The van der Waals surface area contributed by atoms with Gasteiger partial charge in [0.15, 0.2) is 6.61 Å². The highest BCUT2D eigenvalue weighted by molar-refractivity contribution is 5.96. The minimum absolute atomic E-state index is 0.422. The topological polar surface area (TPSA) is 64.6 Å². The molecule has 1 N–H and O–H groups in total. The fourth-order valence-electron chi connectivity index (χ4n) is 1.90. The van der Waals surface area contributed by atoms with Crippen molar-refractivity contribution in [2.45, 2.75) is 6.92 Å². The number of carbonyl (C=O) groups is 2. The van der Waals surface area contributed by atoms with Crippen LogP contribution in [0.3, 0.4) is 0 Å². The first kappa shape index (κ1) is 17.4. The van der Waals surface area contributed by atoms with Crippen LogP contribution in [-0.4, -0.2) is 25.1 Å². The Kier molecular flexibility index (Phi) is 5.83. The van der Waals surface area contributed by atoms with Crippen LogP contribution in [0, 0.1) is 11.6 Å². The SMILES string of the molecule is CCOc1ccccc1NC(=O)COC(=O)c1ccc(F)cc1F. The van der Waals surface area contributed by atoms with Gasteiger partial charge in [0.25, 0.3) is 5.91 Å². The number of esters is 1. The second-order valence-corrected chi connectivity index (χ2v) is 4.68. The maximum atomic E-state index is 13.5. The van der Waals surface area contributed by atoms with Crippen LogP contribution in [0.5, 0.6) is 5.75 Å². The molecule has 0 bridgehead atoms. The highest BCUT2D eigenvalue weighted by Gasteiger charge is 2.16. The van der Waals surface area contributed by atoms with E-state index in [9.17, 15) is 18.4 Å². The molecule has 2 rings (SSSR count). The van der Waals surface area contributed by atoms with Crippen LogP contribution in [0.4, 0.5) is 14.5 Å². The first-order chi connectivity index (χ1) is 11.5. The van der Waals surface area contributed by atoms with Gasteiger partial charge in [-0.2, -0.15) is 0 Å². The van der Waals surface area contributed by atoms with Gasteiger partial charge in [-0.15, -0.1) is 0 Å². The largest absolute Gasteiger partial charge is 0.492 e. The summed E-state index contributed by atoms with van der Waals surface area (Å²) >= 11 is 0. The highest BCUT2D eigenvalue weighted by Crippen LogP contribution is 2.23. The number of para-hydroxylation sites is 2. The van der Waals surface area contributed by atoms with E-state index in [4.69, 9.17) is 9.47 Å². The molecule has 0 aliphatic heterocycles. The molecule has 0 heterocycles. The lowest BCUT2D eigenvalue weighted by Crippen LogP contribution is -2.21. The normalized spacial score (nSPS) is 10.1. The predicted molar refractivity (Wildman–Crippen MR) is 82.9 cm³/mol. The molecular weight excluding hydrogens is 320 g/mol. The minimum atomic E-state index is -1.05. The van der Waals surface area contributed by atoms with Gasteiger partial charge in [0.2, 0.25) is 0 Å². The van der Waals surface area contributed by atoms with Gasteiger partial charge in [0, 0.05) is 6.07 Å². The number of hydrogen-bond donors (Lipinski definition) is 1. The minimum Gasteiger partial charge on any atom is -0.492 e. The van der Waals surface area contributed by atoms with Crippen LogP contribution in [0.15, 0.2) is 42.5 Å². The molecule has 0 aliphatic carbocycles. The van der Waals surface area contributed by atoms with Crippen molar-refractivity contribution in [3.8, 4) is 5.75 Å². The lowest BCUT2D eigenvalue weighted by atomic mass is 10.2. The van der Waals surface area contributed by atoms with Crippen LogP contribution in [0.2, 0.25) is 0 Å². The molecule has 5 nitrogen and oxygen atoms in total. The molecular formula is C17H15F2NO4. The Labute approximate surface area is 137 Å². The van der Waals surface area contributed by atoms with E-state index in [1.54, 1.807) is 31.2 Å². The summed E-state index contributed by atoms with van der Waals surface area (Å²) in [6.07, 6.45) is 0. The van der Waals surface area contributed by atoms with E-state index >= 15 is 0 Å². The number of ether oxygens (including phenoxy) is 2. The third kappa shape index (κ3) is 4.52. The van der Waals surface area contributed by atoms with Crippen molar-refractivity contribution in [2.75, 3.05) is 18.5 Å². The summed E-state index contributed by atoms with van der Waals surface area (Å²) in [6.45, 7) is 1.61. The molecule has 0 aliphatic rings. The third-order valence-electron chi connectivity index (χ3n) is 2.95. The molecule has 0 fully saturated rings. The maximum absolute atomic E-state index is 13.5. The molecule has 0 unspecified atom stereocenters. The Morgan fingerprint density at radius 2 is 1.88 bits per heavy atom. The number of hydrogen-bond acceptors (Lipinski definition) is 4. The number of anilines is 1. The maximum Gasteiger partial charge on any atom is 0.341 e. The van der Waals surface area contributed by atoms with Crippen molar-refractivity contribution in [1.82, 2.24) is 0 Å². The van der Waals surface area contributed by atoms with Crippen LogP contribution in [-0.2, 0) is 9.53 Å². The number of rotatable bonds is 6. The zero-order valence-electron chi connectivity index (χ0n) is 12.8. The van der Waals surface area contributed by atoms with E-state index in [0.717, 1.165) is 12.1 Å². The van der Waals surface area contributed by atoms with Crippen molar-refractivity contribution in [2.24, 2.45) is 0 Å². The summed E-state index contributed by atoms with van der Waals surface area (Å²) < 4.78 is 36.3. The van der Waals surface area contributed by atoms with E-state index in [-0.39, 0.29) is 0 Å². The fourth-order valence-corrected chi connectivity index (χ4v) is 1.90. The average Bonchev–Trinajstić information content (AvgIpc) is 2.55. The molecule has 24 heavy (non-hydrogen) atoms. The van der Waals surface area contributed by atoms with Crippen LogP contribution >= 0.6 is 0 Å². The second kappa shape index (κ2) is 8.05. The van der Waals surface area contributed by atoms with Gasteiger partial charge in [-0.05, 0) is 31.2 Å². The van der Waals surface area contributed by atoms with Gasteiger partial charge in [-0.25, -0.2) is 13.6 Å². The highest BCUT2D eigenvalue weighted by atomic mass is 19.1. The van der Waals surface area contributed by atoms with Gasteiger partial charge >= 0.3 is 5.97 Å². The zero-order valence-corrected chi connectivity index (χ0v) is 12.8. The van der Waals surface area contributed by atoms with Crippen molar-refractivity contribution in [3.05, 3.63) is 59.7 Å². The summed E-state index contributed by atoms with van der Waals surface area (Å²) in [4.78, 5) is 23.6. The van der Waals surface area contributed by atoms with E-state index in [2.05, 4.69) is 5.32 Å². The van der Waals surface area contributed by atoms with Crippen molar-refractivity contribution >= 4 is 17.6 Å². The van der Waals surface area contributed by atoms with E-state index in [1.807, 2.05) is 0 Å². The van der Waals surface area contributed by atoms with Crippen LogP contribution in [0.1, 0.15) is 17.3 Å². The number of carbonyl (C=O) groups excluding carboxylic acids is 2. The Bertz CT molecular complexity index is 749. The average molecular weight is 335 g/mol. The Morgan fingerprint density at radius 3 is 2.58 bits per heavy atom. The zero-order chi connectivity index (χ0) is 17.5. The summed E-state index contributed by atoms with van der Waals surface area (Å²) in [5.41, 5.74) is -0.0210. The first-order valence-corrected chi connectivity index (χ1v) is 7.15. The summed E-state index contributed by atoms with van der Waals surface area (Å²) in [5.74, 6) is -3.06. The number of halogens is 2. The van der Waals surface area contributed by atoms with Crippen LogP contribution in [0.25, 0.3) is 0 Å². The van der Waals surface area contributed by atoms with E-state index in [0.29, 0.717) is 24.1 Å². The fraction of sp³-hybridized carbons (Fsp3) is 0.176. The quantitative estimate of drug-likeness (QED) is 0.824. The second-order valence-electron chi connectivity index (χ2n) is 4.68. The number of nitrogens with one attached hydrogen (secondary N) is 1. The molecule has 0 saturated carbocycles. The summed E-state index contributed by atoms with van der Waals surface area (Å²) in [6, 6.07) is 9.21. The molecule has 126 valence electrons. The van der Waals surface area contributed by atoms with Gasteiger partial charge in [-0.3, -0.25) is 4.79 Å². The standard InChI is InChI=1S/C17H15F2NO4/c1-2-23-15-6-4-3-5-14(15)20-16(21)10-24-17(22)12-8-7-11(18)9-13(12)19/h3-9H,2,10H2,1H3,(H,20,21). The van der Waals surface area contributed by atoms with Crippen molar-refractivity contribution in [3.63, 3.8) is 0 Å². The van der Waals surface area contributed by atoms with Gasteiger partial charge in [0.05, 0.1) is 17.9 Å². The Hall–Kier alpha value is -2.96. The summed E-state index contributed by atoms with van der Waals surface area (Å²) in [7, 11) is 0. The predicted octanol–water partition coefficient (Wildman–Crippen LogP) is 3.16. The Morgan fingerprint density at radius 1 is 1.12 bits per heavy atom. The van der Waals surface area contributed by atoms with Crippen molar-refractivity contribution in [1.29, 1.82) is 0 Å². The Balaban J connectivity index is 1.95. The molecule has 0 spiro atoms. The van der Waals surface area contributed by atoms with E-state index in [1.165, 1.54) is 0 Å². The molecule has 0 atom stereocenters. The lowest BCUT2D eigenvalue weighted by molar-refractivity contribution is -0.119. The van der Waals surface area contributed by atoms with Gasteiger partial charge < -0.3 is 14.8 Å². The van der Waals surface area contributed by atoms with Gasteiger partial charge in [-0.1, -0.05) is 12.1 Å². The summed E-state index contributed by atoms with van der Waals surface area (Å²) in [5, 5.41) is 2.53. The molecule has 1 amide bonds. The smallest absolute Gasteiger partial charge is 0.341 e. The van der Waals surface area contributed by atoms with Gasteiger partial charge in [0.1, 0.15) is 17.4 Å². The molecule has 2 aromatic rings. The van der Waals surface area contributed by atoms with Crippen LogP contribution < -0.4 is 10.1 Å². The number of amides is 1.